The van der Waals surface area contributed by atoms with E-state index in [0.717, 1.165) is 6.07 Å². The van der Waals surface area contributed by atoms with E-state index in [1.165, 1.54) is 18.2 Å². The van der Waals surface area contributed by atoms with Crippen LogP contribution in [0.15, 0.2) is 44.0 Å². The van der Waals surface area contributed by atoms with Crippen LogP contribution in [-0.4, -0.2) is 51.6 Å². The topological polar surface area (TPSA) is 114 Å². The Morgan fingerprint density at radius 3 is 2.66 bits per heavy atom. The van der Waals surface area contributed by atoms with Crippen LogP contribution < -0.4 is 5.43 Å². The first-order chi connectivity index (χ1) is 13.8. The minimum absolute atomic E-state index is 0.00249. The third-order valence-electron chi connectivity index (χ3n) is 5.59. The summed E-state index contributed by atoms with van der Waals surface area (Å²) < 4.78 is 6.65. The maximum absolute atomic E-state index is 12.8. The number of likely N-dealkylation sites (tertiary alicyclic amines) is 1. The Hall–Kier alpha value is -2.55. The van der Waals surface area contributed by atoms with E-state index in [2.05, 4.69) is 15.9 Å². The quantitative estimate of drug-likeness (QED) is 0.473. The van der Waals surface area contributed by atoms with Crippen molar-refractivity contribution < 1.29 is 24.8 Å². The lowest BCUT2D eigenvalue weighted by atomic mass is 9.89. The number of aromatic hydroxyl groups is 3. The lowest BCUT2D eigenvalue weighted by molar-refractivity contribution is 0.172. The fraction of sp³-hybridized carbons (Fsp3) is 0.286. The normalized spacial score (nSPS) is 19.8. The van der Waals surface area contributed by atoms with Crippen LogP contribution in [0, 0.1) is 0 Å². The number of hydrogen-bond acceptors (Lipinski definition) is 7. The fourth-order valence-electron chi connectivity index (χ4n) is 4.13. The van der Waals surface area contributed by atoms with Crippen LogP contribution in [0.25, 0.3) is 22.3 Å². The molecule has 8 heteroatoms. The second-order valence-electron chi connectivity index (χ2n) is 7.30. The number of aliphatic hydroxyl groups excluding tert-OH is 1. The Labute approximate surface area is 174 Å². The summed E-state index contributed by atoms with van der Waals surface area (Å²) in [6.45, 7) is 0.588. The van der Waals surface area contributed by atoms with Crippen LogP contribution in [0.4, 0.5) is 0 Å². The SMILES string of the molecule is CN1CCC(c2c(O)cc(O)c3c(=O)cc(-c4cc(O)ccc4Br)oc23)[C@H]1CO. The summed E-state index contributed by atoms with van der Waals surface area (Å²) in [5.74, 6) is -0.655. The molecule has 4 N–H and O–H groups in total. The molecular formula is C21H20BrNO6. The van der Waals surface area contributed by atoms with Crippen LogP contribution in [0.1, 0.15) is 17.9 Å². The molecule has 29 heavy (non-hydrogen) atoms. The monoisotopic (exact) mass is 461 g/mol. The Kier molecular flexibility index (Phi) is 5.02. The molecule has 1 aliphatic heterocycles. The van der Waals surface area contributed by atoms with Gasteiger partial charge in [0.05, 0.1) is 6.61 Å². The first-order valence-electron chi connectivity index (χ1n) is 9.14. The number of phenols is 3. The zero-order chi connectivity index (χ0) is 20.9. The summed E-state index contributed by atoms with van der Waals surface area (Å²) in [5.41, 5.74) is 0.456. The van der Waals surface area contributed by atoms with Crippen LogP contribution in [-0.2, 0) is 0 Å². The number of rotatable bonds is 3. The molecule has 3 aromatic rings. The molecule has 0 saturated carbocycles. The fourth-order valence-corrected chi connectivity index (χ4v) is 4.57. The molecular weight excluding hydrogens is 442 g/mol. The van der Waals surface area contributed by atoms with Crippen molar-refractivity contribution in [2.45, 2.75) is 18.4 Å². The van der Waals surface area contributed by atoms with Gasteiger partial charge in [0.1, 0.15) is 34.0 Å². The number of phenolic OH excluding ortho intramolecular Hbond substituents is 3. The summed E-state index contributed by atoms with van der Waals surface area (Å²) in [6.07, 6.45) is 0.652. The van der Waals surface area contributed by atoms with E-state index in [0.29, 0.717) is 28.6 Å². The molecule has 1 unspecified atom stereocenters. The van der Waals surface area contributed by atoms with Crippen molar-refractivity contribution in [2.24, 2.45) is 0 Å². The molecule has 7 nitrogen and oxygen atoms in total. The molecule has 1 saturated heterocycles. The van der Waals surface area contributed by atoms with Crippen LogP contribution >= 0.6 is 15.9 Å². The molecule has 4 rings (SSSR count). The Bertz CT molecular complexity index is 1160. The van der Waals surface area contributed by atoms with E-state index in [9.17, 15) is 25.2 Å². The average Bonchev–Trinajstić information content (AvgIpc) is 3.03. The van der Waals surface area contributed by atoms with Gasteiger partial charge in [0.25, 0.3) is 0 Å². The van der Waals surface area contributed by atoms with Gasteiger partial charge in [0.15, 0.2) is 5.43 Å². The van der Waals surface area contributed by atoms with Crippen molar-refractivity contribution in [1.29, 1.82) is 0 Å². The van der Waals surface area contributed by atoms with Crippen molar-refractivity contribution in [3.8, 4) is 28.6 Å². The third-order valence-corrected chi connectivity index (χ3v) is 6.29. The molecule has 152 valence electrons. The maximum Gasteiger partial charge on any atom is 0.197 e. The lowest BCUT2D eigenvalue weighted by Crippen LogP contribution is -2.32. The summed E-state index contributed by atoms with van der Waals surface area (Å²) in [6, 6.07) is 6.71. The van der Waals surface area contributed by atoms with Crippen LogP contribution in [0.3, 0.4) is 0 Å². The highest BCUT2D eigenvalue weighted by Gasteiger charge is 2.36. The van der Waals surface area contributed by atoms with Gasteiger partial charge in [-0.25, -0.2) is 0 Å². The van der Waals surface area contributed by atoms with Crippen molar-refractivity contribution in [3.05, 3.63) is 50.6 Å². The van der Waals surface area contributed by atoms with E-state index in [-0.39, 0.29) is 52.5 Å². The maximum atomic E-state index is 12.8. The minimum Gasteiger partial charge on any atom is -0.508 e. The highest BCUT2D eigenvalue weighted by Crippen LogP contribution is 2.44. The van der Waals surface area contributed by atoms with Gasteiger partial charge in [-0.2, -0.15) is 0 Å². The van der Waals surface area contributed by atoms with Gasteiger partial charge >= 0.3 is 0 Å². The number of aliphatic hydroxyl groups is 1. The second kappa shape index (κ2) is 7.37. The average molecular weight is 462 g/mol. The number of fused-ring (bicyclic) bond motifs is 1. The smallest absolute Gasteiger partial charge is 0.197 e. The molecule has 0 aliphatic carbocycles. The molecule has 0 spiro atoms. The zero-order valence-corrected chi connectivity index (χ0v) is 17.2. The largest absolute Gasteiger partial charge is 0.508 e. The van der Waals surface area contributed by atoms with E-state index in [4.69, 9.17) is 4.42 Å². The highest BCUT2D eigenvalue weighted by molar-refractivity contribution is 9.10. The molecule has 1 aromatic heterocycles. The Balaban J connectivity index is 2.03. The van der Waals surface area contributed by atoms with Crippen molar-refractivity contribution in [2.75, 3.05) is 20.2 Å². The first-order valence-corrected chi connectivity index (χ1v) is 9.93. The van der Waals surface area contributed by atoms with E-state index in [1.807, 2.05) is 11.9 Å². The third kappa shape index (κ3) is 3.27. The molecule has 0 bridgehead atoms. The molecule has 2 aromatic carbocycles. The summed E-state index contributed by atoms with van der Waals surface area (Å²) in [5, 5.41) is 40.6. The Morgan fingerprint density at radius 1 is 1.17 bits per heavy atom. The first kappa shape index (κ1) is 19.8. The molecule has 2 heterocycles. The van der Waals surface area contributed by atoms with Gasteiger partial charge in [-0.15, -0.1) is 0 Å². The van der Waals surface area contributed by atoms with Gasteiger partial charge in [0, 0.05) is 39.7 Å². The van der Waals surface area contributed by atoms with Gasteiger partial charge in [0.2, 0.25) is 0 Å². The van der Waals surface area contributed by atoms with E-state index in [1.54, 1.807) is 6.07 Å². The highest BCUT2D eigenvalue weighted by atomic mass is 79.9. The van der Waals surface area contributed by atoms with Gasteiger partial charge in [-0.1, -0.05) is 15.9 Å². The van der Waals surface area contributed by atoms with Crippen molar-refractivity contribution in [3.63, 3.8) is 0 Å². The minimum atomic E-state index is -0.470. The second-order valence-corrected chi connectivity index (χ2v) is 8.15. The zero-order valence-electron chi connectivity index (χ0n) is 15.6. The van der Waals surface area contributed by atoms with Gasteiger partial charge in [-0.3, -0.25) is 4.79 Å². The summed E-state index contributed by atoms with van der Waals surface area (Å²) >= 11 is 3.39. The van der Waals surface area contributed by atoms with E-state index < -0.39 is 5.43 Å². The van der Waals surface area contributed by atoms with Crippen LogP contribution in [0.2, 0.25) is 0 Å². The number of likely N-dealkylation sites (N-methyl/N-ethyl adjacent to an activating group) is 1. The Morgan fingerprint density at radius 2 is 1.93 bits per heavy atom. The molecule has 1 fully saturated rings. The lowest BCUT2D eigenvalue weighted by Gasteiger charge is -2.24. The van der Waals surface area contributed by atoms with Gasteiger partial charge < -0.3 is 29.7 Å². The molecule has 1 aliphatic rings. The number of benzene rings is 2. The predicted octanol–water partition coefficient (Wildman–Crippen LogP) is 3.12. The standard InChI is InChI=1S/C21H20BrNO6/c1-23-5-4-11(14(23)9-24)19-15(26)7-16(27)20-17(28)8-18(29-21(19)20)12-6-10(25)2-3-13(12)22/h2-3,6-8,11,14,24-27H,4-5,9H2,1H3/t11?,14-/m1/s1. The van der Waals surface area contributed by atoms with Gasteiger partial charge in [-0.05, 0) is 38.2 Å². The number of hydrogen-bond donors (Lipinski definition) is 4. The van der Waals surface area contributed by atoms with Crippen molar-refractivity contribution >= 4 is 26.9 Å². The molecule has 2 atom stereocenters. The number of halogens is 1. The molecule has 0 radical (unpaired) electrons. The summed E-state index contributed by atoms with van der Waals surface area (Å²) in [7, 11) is 1.88. The number of nitrogens with zero attached hydrogens (tertiary/aromatic N) is 1. The molecule has 0 amide bonds. The van der Waals surface area contributed by atoms with Crippen molar-refractivity contribution in [1.82, 2.24) is 4.90 Å². The van der Waals surface area contributed by atoms with E-state index >= 15 is 0 Å². The van der Waals surface area contributed by atoms with Crippen LogP contribution in [0.5, 0.6) is 17.2 Å². The predicted molar refractivity (Wildman–Crippen MR) is 111 cm³/mol. The summed E-state index contributed by atoms with van der Waals surface area (Å²) in [4.78, 5) is 14.8.